The van der Waals surface area contributed by atoms with Crippen molar-refractivity contribution >= 4 is 33.9 Å². The fraction of sp³-hybridized carbons (Fsp3) is 0.0526. The van der Waals surface area contributed by atoms with Gasteiger partial charge < -0.3 is 19.6 Å². The van der Waals surface area contributed by atoms with Crippen molar-refractivity contribution in [3.63, 3.8) is 0 Å². The Balaban J connectivity index is 1.95. The van der Waals surface area contributed by atoms with Gasteiger partial charge in [0.25, 0.3) is 0 Å². The minimum Gasteiger partial charge on any atom is -0.449 e. The van der Waals surface area contributed by atoms with Crippen LogP contribution in [-0.4, -0.2) is 38.4 Å². The Hall–Kier alpha value is -4.15. The van der Waals surface area contributed by atoms with E-state index >= 15 is 0 Å². The van der Waals surface area contributed by atoms with Crippen LogP contribution < -0.4 is 9.47 Å². The maximum Gasteiger partial charge on any atom is 0.511 e. The Labute approximate surface area is 164 Å². The zero-order valence-electron chi connectivity index (χ0n) is 14.7. The highest BCUT2D eigenvalue weighted by molar-refractivity contribution is 6.09. The van der Waals surface area contributed by atoms with Gasteiger partial charge in [-0.15, -0.1) is 0 Å². The van der Waals surface area contributed by atoms with Crippen molar-refractivity contribution in [3.05, 3.63) is 48.7 Å². The Morgan fingerprint density at radius 3 is 2.53 bits per heavy atom. The molecule has 4 rings (SSSR count). The molecule has 0 unspecified atom stereocenters. The van der Waals surface area contributed by atoms with E-state index in [-0.39, 0.29) is 22.0 Å². The number of esters is 1. The molecule has 0 fully saturated rings. The molecule has 0 aliphatic heterocycles. The summed E-state index contributed by atoms with van der Waals surface area (Å²) in [6.45, 7) is 0. The van der Waals surface area contributed by atoms with Crippen LogP contribution >= 0.6 is 0 Å². The molecule has 8 nitrogen and oxygen atoms in total. The Morgan fingerprint density at radius 2 is 1.87 bits per heavy atom. The first-order chi connectivity index (χ1) is 14.2. The minimum absolute atomic E-state index is 0.0706. The van der Waals surface area contributed by atoms with E-state index in [1.807, 2.05) is 0 Å². The summed E-state index contributed by atoms with van der Waals surface area (Å²) in [6.07, 6.45) is -5.39. The van der Waals surface area contributed by atoms with E-state index in [0.29, 0.717) is 17.0 Å². The third-order valence-corrected chi connectivity index (χ3v) is 4.05. The fourth-order valence-corrected chi connectivity index (χ4v) is 2.89. The molecule has 2 aromatic heterocycles. The third kappa shape index (κ3) is 3.60. The second kappa shape index (κ2) is 7.03. The number of benzene rings is 2. The number of carbonyl (C=O) groups is 2. The molecule has 2 aromatic carbocycles. The van der Waals surface area contributed by atoms with Crippen LogP contribution in [0.5, 0.6) is 11.5 Å². The predicted octanol–water partition coefficient (Wildman–Crippen LogP) is 4.30. The molecular formula is C19H10F3N3O5. The van der Waals surface area contributed by atoms with Gasteiger partial charge in [0.05, 0.1) is 10.9 Å². The molecule has 2 N–H and O–H groups in total. The van der Waals surface area contributed by atoms with E-state index in [9.17, 15) is 22.8 Å². The van der Waals surface area contributed by atoms with Gasteiger partial charge in [0.2, 0.25) is 0 Å². The first-order valence-electron chi connectivity index (χ1n) is 8.30. The Bertz CT molecular complexity index is 1290. The molecule has 2 heterocycles. The number of nitrogens with zero attached hydrogens (tertiary/aromatic N) is 2. The van der Waals surface area contributed by atoms with Crippen molar-refractivity contribution in [2.24, 2.45) is 0 Å². The molecule has 0 aliphatic rings. The summed E-state index contributed by atoms with van der Waals surface area (Å²) in [6, 6.07) is 10.4. The second-order valence-corrected chi connectivity index (χ2v) is 6.04. The fourth-order valence-electron chi connectivity index (χ4n) is 2.89. The smallest absolute Gasteiger partial charge is 0.449 e. The van der Waals surface area contributed by atoms with E-state index in [2.05, 4.69) is 24.4 Å². The summed E-state index contributed by atoms with van der Waals surface area (Å²) < 4.78 is 47.3. The minimum atomic E-state index is -5.26. The molecule has 0 atom stereocenters. The molecule has 11 heteroatoms. The van der Waals surface area contributed by atoms with Crippen LogP contribution in [0.4, 0.5) is 18.0 Å². The number of hydrogen-bond donors (Lipinski definition) is 2. The summed E-state index contributed by atoms with van der Waals surface area (Å²) >= 11 is 0. The Morgan fingerprint density at radius 1 is 1.07 bits per heavy atom. The monoisotopic (exact) mass is 417 g/mol. The molecule has 152 valence electrons. The number of H-pyrrole nitrogens is 1. The van der Waals surface area contributed by atoms with Crippen LogP contribution in [0.15, 0.2) is 48.7 Å². The third-order valence-electron chi connectivity index (χ3n) is 4.05. The van der Waals surface area contributed by atoms with Gasteiger partial charge in [0.15, 0.2) is 5.82 Å². The van der Waals surface area contributed by atoms with Crippen molar-refractivity contribution < 1.29 is 37.3 Å². The van der Waals surface area contributed by atoms with Crippen molar-refractivity contribution in [2.45, 2.75) is 6.18 Å². The lowest BCUT2D eigenvalue weighted by Crippen LogP contribution is -2.28. The maximum atomic E-state index is 12.8. The van der Waals surface area contributed by atoms with Gasteiger partial charge in [-0.25, -0.2) is 14.6 Å². The number of aromatic amines is 1. The highest BCUT2D eigenvalue weighted by Gasteiger charge is 2.41. The first kappa shape index (κ1) is 19.2. The molecule has 30 heavy (non-hydrogen) atoms. The predicted molar refractivity (Wildman–Crippen MR) is 97.2 cm³/mol. The van der Waals surface area contributed by atoms with E-state index in [1.54, 1.807) is 30.5 Å². The lowest BCUT2D eigenvalue weighted by molar-refractivity contribution is -0.189. The zero-order chi connectivity index (χ0) is 21.5. The summed E-state index contributed by atoms with van der Waals surface area (Å²) in [5.74, 6) is -2.98. The second-order valence-electron chi connectivity index (χ2n) is 6.04. The van der Waals surface area contributed by atoms with Crippen LogP contribution in [0.3, 0.4) is 0 Å². The van der Waals surface area contributed by atoms with Crippen molar-refractivity contribution in [1.29, 1.82) is 0 Å². The van der Waals surface area contributed by atoms with Crippen molar-refractivity contribution in [2.75, 3.05) is 0 Å². The quantitative estimate of drug-likeness (QED) is 0.290. The molecule has 0 spiro atoms. The molecule has 0 saturated carbocycles. The molecule has 0 radical (unpaired) electrons. The topological polar surface area (TPSA) is 114 Å². The van der Waals surface area contributed by atoms with Crippen LogP contribution in [0, 0.1) is 0 Å². The van der Waals surface area contributed by atoms with Gasteiger partial charge in [-0.1, -0.05) is 12.1 Å². The molecule has 0 saturated heterocycles. The maximum absolute atomic E-state index is 12.8. The van der Waals surface area contributed by atoms with E-state index < -0.39 is 24.1 Å². The molecule has 0 bridgehead atoms. The number of aromatic nitrogens is 3. The normalized spacial score (nSPS) is 11.6. The number of carbonyl (C=O) groups excluding carboxylic acids is 1. The number of pyridine rings is 1. The number of rotatable bonds is 3. The number of halogens is 3. The molecular weight excluding hydrogens is 407 g/mol. The summed E-state index contributed by atoms with van der Waals surface area (Å²) in [5, 5.41) is 9.13. The summed E-state index contributed by atoms with van der Waals surface area (Å²) in [4.78, 5) is 33.8. The lowest BCUT2D eigenvalue weighted by atomic mass is 10.1. The standard InChI is InChI=1S/C19H10F3N3O5/c20-19(21,22)17(26)30-13-8-10(29-18(27)28)7-9-4-5-11-15(14(9)13)25-16(24-11)12-3-1-2-6-23-12/h1-8H,(H,24,25)(H,27,28). The Kier molecular flexibility index (Phi) is 4.49. The van der Waals surface area contributed by atoms with Gasteiger partial charge in [-0.05, 0) is 29.7 Å². The van der Waals surface area contributed by atoms with E-state index in [1.165, 1.54) is 12.1 Å². The average Bonchev–Trinajstić information content (AvgIpc) is 3.11. The number of ether oxygens (including phenoxy) is 2. The highest BCUT2D eigenvalue weighted by atomic mass is 19.4. The van der Waals surface area contributed by atoms with Gasteiger partial charge in [0.1, 0.15) is 22.7 Å². The van der Waals surface area contributed by atoms with Crippen LogP contribution in [0.2, 0.25) is 0 Å². The number of imidazole rings is 1. The SMILES string of the molecule is O=C(O)Oc1cc(OC(=O)C(F)(F)F)c2c(ccc3[nH]c(-c4ccccn4)nc32)c1. The van der Waals surface area contributed by atoms with Crippen LogP contribution in [-0.2, 0) is 4.79 Å². The van der Waals surface area contributed by atoms with Gasteiger partial charge in [-0.2, -0.15) is 13.2 Å². The molecule has 4 aromatic rings. The number of alkyl halides is 3. The van der Waals surface area contributed by atoms with Gasteiger partial charge in [0, 0.05) is 12.3 Å². The summed E-state index contributed by atoms with van der Waals surface area (Å²) in [5.41, 5.74) is 1.14. The molecule has 0 aliphatic carbocycles. The van der Waals surface area contributed by atoms with E-state index in [0.717, 1.165) is 6.07 Å². The van der Waals surface area contributed by atoms with Gasteiger partial charge >= 0.3 is 18.3 Å². The number of hydrogen-bond acceptors (Lipinski definition) is 6. The summed E-state index contributed by atoms with van der Waals surface area (Å²) in [7, 11) is 0. The number of carboxylic acid groups (broad SMARTS) is 1. The zero-order valence-corrected chi connectivity index (χ0v) is 14.7. The average molecular weight is 417 g/mol. The van der Waals surface area contributed by atoms with Crippen LogP contribution in [0.1, 0.15) is 0 Å². The van der Waals surface area contributed by atoms with Gasteiger partial charge in [-0.3, -0.25) is 4.98 Å². The largest absolute Gasteiger partial charge is 0.511 e. The van der Waals surface area contributed by atoms with Crippen molar-refractivity contribution in [3.8, 4) is 23.0 Å². The lowest BCUT2D eigenvalue weighted by Gasteiger charge is -2.11. The van der Waals surface area contributed by atoms with Crippen molar-refractivity contribution in [1.82, 2.24) is 15.0 Å². The highest BCUT2D eigenvalue weighted by Crippen LogP contribution is 2.37. The van der Waals surface area contributed by atoms with E-state index in [4.69, 9.17) is 5.11 Å². The van der Waals surface area contributed by atoms with Crippen LogP contribution in [0.25, 0.3) is 33.3 Å². The number of fused-ring (bicyclic) bond motifs is 3. The number of nitrogens with one attached hydrogen (secondary N) is 1. The molecule has 0 amide bonds. The first-order valence-corrected chi connectivity index (χ1v) is 8.30.